The number of aromatic nitrogens is 2. The molecule has 19 heavy (non-hydrogen) atoms. The van der Waals surface area contributed by atoms with Crippen LogP contribution in [-0.4, -0.2) is 17.1 Å². The lowest BCUT2D eigenvalue weighted by molar-refractivity contribution is 0.386. The predicted octanol–water partition coefficient (Wildman–Crippen LogP) is 2.88. The molecule has 0 aliphatic rings. The topological polar surface area (TPSA) is 63.9 Å². The summed E-state index contributed by atoms with van der Waals surface area (Å²) in [6.07, 6.45) is 1.67. The van der Waals surface area contributed by atoms with Crippen molar-refractivity contribution in [2.45, 2.75) is 19.9 Å². The standard InChI is InChI=1S/C14H18FN3O/c1-8(2)13(16)14-17-7-11(18-14)9-4-5-12(19-3)10(15)6-9/h4-8,13H,16H2,1-3H3,(H,17,18). The van der Waals surface area contributed by atoms with Crippen LogP contribution in [0.15, 0.2) is 24.4 Å². The van der Waals surface area contributed by atoms with E-state index in [1.165, 1.54) is 13.2 Å². The maximum atomic E-state index is 13.6. The molecule has 5 heteroatoms. The Balaban J connectivity index is 2.30. The summed E-state index contributed by atoms with van der Waals surface area (Å²) >= 11 is 0. The van der Waals surface area contributed by atoms with E-state index in [4.69, 9.17) is 10.5 Å². The van der Waals surface area contributed by atoms with Crippen molar-refractivity contribution in [2.75, 3.05) is 7.11 Å². The monoisotopic (exact) mass is 263 g/mol. The highest BCUT2D eigenvalue weighted by molar-refractivity contribution is 5.60. The number of nitrogens with two attached hydrogens (primary N) is 1. The van der Waals surface area contributed by atoms with Gasteiger partial charge < -0.3 is 15.5 Å². The van der Waals surface area contributed by atoms with Crippen molar-refractivity contribution < 1.29 is 9.13 Å². The zero-order chi connectivity index (χ0) is 14.0. The highest BCUT2D eigenvalue weighted by atomic mass is 19.1. The number of H-pyrrole nitrogens is 1. The van der Waals surface area contributed by atoms with Crippen molar-refractivity contribution in [3.63, 3.8) is 0 Å². The first-order valence-electron chi connectivity index (χ1n) is 6.17. The zero-order valence-electron chi connectivity index (χ0n) is 11.3. The van der Waals surface area contributed by atoms with Crippen molar-refractivity contribution >= 4 is 0 Å². The van der Waals surface area contributed by atoms with E-state index in [2.05, 4.69) is 9.97 Å². The van der Waals surface area contributed by atoms with Crippen molar-refractivity contribution in [3.05, 3.63) is 36.0 Å². The highest BCUT2D eigenvalue weighted by Crippen LogP contribution is 2.25. The quantitative estimate of drug-likeness (QED) is 0.891. The normalized spacial score (nSPS) is 12.7. The molecule has 102 valence electrons. The minimum Gasteiger partial charge on any atom is -0.494 e. The molecular formula is C14H18FN3O. The Hall–Kier alpha value is -1.88. The number of nitrogens with one attached hydrogen (secondary N) is 1. The van der Waals surface area contributed by atoms with Crippen LogP contribution in [0.1, 0.15) is 25.7 Å². The molecule has 0 aliphatic carbocycles. The molecule has 2 aromatic rings. The summed E-state index contributed by atoms with van der Waals surface area (Å²) in [5.41, 5.74) is 7.48. The van der Waals surface area contributed by atoms with Crippen molar-refractivity contribution in [1.29, 1.82) is 0 Å². The van der Waals surface area contributed by atoms with Crippen LogP contribution in [0.25, 0.3) is 11.3 Å². The van der Waals surface area contributed by atoms with Gasteiger partial charge >= 0.3 is 0 Å². The highest BCUT2D eigenvalue weighted by Gasteiger charge is 2.15. The lowest BCUT2D eigenvalue weighted by Gasteiger charge is -2.12. The fraction of sp³-hybridized carbons (Fsp3) is 0.357. The maximum Gasteiger partial charge on any atom is 0.165 e. The molecular weight excluding hydrogens is 245 g/mol. The molecule has 0 aliphatic heterocycles. The van der Waals surface area contributed by atoms with Gasteiger partial charge in [0.05, 0.1) is 25.0 Å². The van der Waals surface area contributed by atoms with E-state index in [9.17, 15) is 4.39 Å². The van der Waals surface area contributed by atoms with Gasteiger partial charge in [-0.2, -0.15) is 0 Å². The molecule has 1 unspecified atom stereocenters. The average Bonchev–Trinajstić information content (AvgIpc) is 2.87. The molecule has 0 spiro atoms. The molecule has 0 bridgehead atoms. The van der Waals surface area contributed by atoms with Gasteiger partial charge in [-0.05, 0) is 24.1 Å². The molecule has 1 aromatic heterocycles. The van der Waals surface area contributed by atoms with Crippen LogP contribution in [-0.2, 0) is 0 Å². The smallest absolute Gasteiger partial charge is 0.165 e. The molecule has 1 aromatic carbocycles. The van der Waals surface area contributed by atoms with Gasteiger partial charge in [0.15, 0.2) is 11.6 Å². The number of imidazole rings is 1. The number of nitrogens with zero attached hydrogens (tertiary/aromatic N) is 1. The van der Waals surface area contributed by atoms with E-state index in [1.54, 1.807) is 18.3 Å². The molecule has 2 rings (SSSR count). The van der Waals surface area contributed by atoms with E-state index >= 15 is 0 Å². The molecule has 0 amide bonds. The third-order valence-corrected chi connectivity index (χ3v) is 3.09. The van der Waals surface area contributed by atoms with Crippen molar-refractivity contribution in [1.82, 2.24) is 9.97 Å². The van der Waals surface area contributed by atoms with Crippen LogP contribution in [0.2, 0.25) is 0 Å². The Labute approximate surface area is 111 Å². The zero-order valence-corrected chi connectivity index (χ0v) is 11.3. The molecule has 4 nitrogen and oxygen atoms in total. The molecule has 0 fully saturated rings. The van der Waals surface area contributed by atoms with Crippen LogP contribution in [0, 0.1) is 11.7 Å². The van der Waals surface area contributed by atoms with Gasteiger partial charge in [0.1, 0.15) is 5.82 Å². The number of ether oxygens (including phenoxy) is 1. The Bertz CT molecular complexity index is 566. The fourth-order valence-corrected chi connectivity index (χ4v) is 1.80. The molecule has 0 saturated carbocycles. The molecule has 1 atom stereocenters. The maximum absolute atomic E-state index is 13.6. The van der Waals surface area contributed by atoms with Crippen LogP contribution in [0.5, 0.6) is 5.75 Å². The van der Waals surface area contributed by atoms with E-state index in [0.29, 0.717) is 11.4 Å². The lowest BCUT2D eigenvalue weighted by Crippen LogP contribution is -2.18. The first-order chi connectivity index (χ1) is 9.02. The number of hydrogen-bond donors (Lipinski definition) is 2. The van der Waals surface area contributed by atoms with Crippen LogP contribution < -0.4 is 10.5 Å². The lowest BCUT2D eigenvalue weighted by atomic mass is 10.1. The third kappa shape index (κ3) is 2.76. The number of hydrogen-bond acceptors (Lipinski definition) is 3. The molecule has 0 saturated heterocycles. The van der Waals surface area contributed by atoms with Gasteiger partial charge in [-0.15, -0.1) is 0 Å². The number of rotatable bonds is 4. The summed E-state index contributed by atoms with van der Waals surface area (Å²) in [6.45, 7) is 4.06. The average molecular weight is 263 g/mol. The van der Waals surface area contributed by atoms with Crippen molar-refractivity contribution in [2.24, 2.45) is 11.7 Å². The van der Waals surface area contributed by atoms with E-state index in [-0.39, 0.29) is 17.7 Å². The van der Waals surface area contributed by atoms with Crippen molar-refractivity contribution in [3.8, 4) is 17.0 Å². The van der Waals surface area contributed by atoms with E-state index < -0.39 is 5.82 Å². The van der Waals surface area contributed by atoms with Gasteiger partial charge in [-0.25, -0.2) is 9.37 Å². The van der Waals surface area contributed by atoms with Crippen LogP contribution >= 0.6 is 0 Å². The second kappa shape index (κ2) is 5.40. The SMILES string of the molecule is COc1ccc(-c2cnc(C(N)C(C)C)[nH]2)cc1F. The number of halogens is 1. The largest absolute Gasteiger partial charge is 0.494 e. The Kier molecular flexibility index (Phi) is 3.85. The number of aromatic amines is 1. The molecule has 0 radical (unpaired) electrons. The van der Waals surface area contributed by atoms with Gasteiger partial charge in [-0.1, -0.05) is 13.8 Å². The van der Waals surface area contributed by atoms with Gasteiger partial charge in [0.2, 0.25) is 0 Å². The minimum absolute atomic E-state index is 0.156. The molecule has 1 heterocycles. The summed E-state index contributed by atoms with van der Waals surface area (Å²) in [7, 11) is 1.44. The Morgan fingerprint density at radius 3 is 2.68 bits per heavy atom. The first-order valence-corrected chi connectivity index (χ1v) is 6.17. The number of benzene rings is 1. The fourth-order valence-electron chi connectivity index (χ4n) is 1.80. The second-order valence-corrected chi connectivity index (χ2v) is 4.80. The number of methoxy groups -OCH3 is 1. The summed E-state index contributed by atoms with van der Waals surface area (Å²) in [4.78, 5) is 7.38. The Morgan fingerprint density at radius 1 is 1.37 bits per heavy atom. The summed E-state index contributed by atoms with van der Waals surface area (Å²) in [6, 6.07) is 4.63. The summed E-state index contributed by atoms with van der Waals surface area (Å²) in [5.74, 6) is 0.819. The summed E-state index contributed by atoms with van der Waals surface area (Å²) in [5, 5.41) is 0. The summed E-state index contributed by atoms with van der Waals surface area (Å²) < 4.78 is 18.5. The minimum atomic E-state index is -0.399. The van der Waals surface area contributed by atoms with E-state index in [1.807, 2.05) is 13.8 Å². The van der Waals surface area contributed by atoms with E-state index in [0.717, 1.165) is 5.69 Å². The molecule has 3 N–H and O–H groups in total. The van der Waals surface area contributed by atoms with Crippen LogP contribution in [0.4, 0.5) is 4.39 Å². The van der Waals surface area contributed by atoms with Crippen LogP contribution in [0.3, 0.4) is 0 Å². The predicted molar refractivity (Wildman–Crippen MR) is 72.3 cm³/mol. The van der Waals surface area contributed by atoms with Gasteiger partial charge in [0, 0.05) is 5.56 Å². The van der Waals surface area contributed by atoms with Gasteiger partial charge in [-0.3, -0.25) is 0 Å². The third-order valence-electron chi connectivity index (χ3n) is 3.09. The first kappa shape index (κ1) is 13.5. The Morgan fingerprint density at radius 2 is 2.11 bits per heavy atom. The van der Waals surface area contributed by atoms with Gasteiger partial charge in [0.25, 0.3) is 0 Å². The second-order valence-electron chi connectivity index (χ2n) is 4.80.